The molecule has 1 fully saturated rings. The number of carbonyl (C=O) groups excluding carboxylic acids is 1. The van der Waals surface area contributed by atoms with Crippen LogP contribution in [0.4, 0.5) is 10.5 Å². The van der Waals surface area contributed by atoms with Crippen molar-refractivity contribution in [2.45, 2.75) is 25.6 Å². The molecule has 0 aliphatic carbocycles. The highest BCUT2D eigenvalue weighted by Crippen LogP contribution is 2.19. The number of nitrogens with one attached hydrogen (secondary N) is 2. The van der Waals surface area contributed by atoms with E-state index in [9.17, 15) is 13.2 Å². The van der Waals surface area contributed by atoms with Gasteiger partial charge in [0.1, 0.15) is 5.75 Å². The molecule has 8 heteroatoms. The zero-order chi connectivity index (χ0) is 20.9. The van der Waals surface area contributed by atoms with Crippen LogP contribution in [-0.4, -0.2) is 51.1 Å². The van der Waals surface area contributed by atoms with Crippen molar-refractivity contribution in [2.24, 2.45) is 0 Å². The first-order valence-electron chi connectivity index (χ1n) is 9.52. The Hall–Kier alpha value is -2.58. The highest BCUT2D eigenvalue weighted by Gasteiger charge is 2.30. The molecule has 1 heterocycles. The van der Waals surface area contributed by atoms with E-state index in [1.807, 2.05) is 55.6 Å². The third-order valence-electron chi connectivity index (χ3n) is 5.09. The molecule has 0 bridgehead atoms. The van der Waals surface area contributed by atoms with Crippen LogP contribution in [-0.2, 0) is 22.9 Å². The summed E-state index contributed by atoms with van der Waals surface area (Å²) < 4.78 is 28.4. The lowest BCUT2D eigenvalue weighted by Crippen LogP contribution is -2.32. The predicted octanol–water partition coefficient (Wildman–Crippen LogP) is 2.64. The molecule has 1 aliphatic rings. The number of anilines is 1. The summed E-state index contributed by atoms with van der Waals surface area (Å²) in [5, 5.41) is 5.63. The fourth-order valence-electron chi connectivity index (χ4n) is 3.33. The van der Waals surface area contributed by atoms with Gasteiger partial charge in [0.15, 0.2) is 9.84 Å². The Kier molecular flexibility index (Phi) is 6.76. The van der Waals surface area contributed by atoms with E-state index in [0.717, 1.165) is 16.9 Å². The smallest absolute Gasteiger partial charge is 0.319 e. The monoisotopic (exact) mass is 417 g/mol. The fraction of sp³-hybridized carbons (Fsp3) is 0.381. The molecule has 2 N–H and O–H groups in total. The number of ether oxygens (including phenoxy) is 1. The molecule has 0 saturated carbocycles. The lowest BCUT2D eigenvalue weighted by Gasteiger charge is -2.23. The number of hydrogen-bond acceptors (Lipinski definition) is 5. The van der Waals surface area contributed by atoms with Crippen molar-refractivity contribution in [3.8, 4) is 5.75 Å². The van der Waals surface area contributed by atoms with E-state index < -0.39 is 9.84 Å². The number of benzene rings is 2. The second kappa shape index (κ2) is 9.28. The number of urea groups is 1. The number of carbonyl (C=O) groups is 1. The van der Waals surface area contributed by atoms with Crippen LogP contribution in [0, 0.1) is 0 Å². The molecule has 2 aromatic rings. The minimum Gasteiger partial charge on any atom is -0.497 e. The average molecular weight is 418 g/mol. The van der Waals surface area contributed by atoms with Crippen molar-refractivity contribution < 1.29 is 17.9 Å². The van der Waals surface area contributed by atoms with E-state index in [1.54, 1.807) is 7.11 Å². The topological polar surface area (TPSA) is 87.7 Å². The molecule has 0 spiro atoms. The molecule has 0 radical (unpaired) electrons. The summed E-state index contributed by atoms with van der Waals surface area (Å²) >= 11 is 0. The summed E-state index contributed by atoms with van der Waals surface area (Å²) in [5.74, 6) is 1.28. The maximum atomic E-state index is 12.1. The maximum absolute atomic E-state index is 12.1. The highest BCUT2D eigenvalue weighted by atomic mass is 32.2. The van der Waals surface area contributed by atoms with Crippen molar-refractivity contribution in [2.75, 3.05) is 31.0 Å². The van der Waals surface area contributed by atoms with Crippen LogP contribution in [0.15, 0.2) is 48.5 Å². The number of methoxy groups -OCH3 is 1. The van der Waals surface area contributed by atoms with Gasteiger partial charge >= 0.3 is 6.03 Å². The van der Waals surface area contributed by atoms with Gasteiger partial charge in [0, 0.05) is 24.8 Å². The SMILES string of the molecule is COc1ccc(CNC(=O)Nc2ccc(CN(C)[C@H]3CCS(=O)(=O)C3)cc2)cc1. The second-order valence-electron chi connectivity index (χ2n) is 7.32. The summed E-state index contributed by atoms with van der Waals surface area (Å²) in [7, 11) is 0.678. The lowest BCUT2D eigenvalue weighted by molar-refractivity contribution is 0.251. The Labute approximate surface area is 172 Å². The Balaban J connectivity index is 1.46. The second-order valence-corrected chi connectivity index (χ2v) is 9.55. The Morgan fingerprint density at radius 1 is 1.10 bits per heavy atom. The first kappa shape index (κ1) is 21.1. The van der Waals surface area contributed by atoms with Crippen molar-refractivity contribution in [3.05, 3.63) is 59.7 Å². The van der Waals surface area contributed by atoms with E-state index in [-0.39, 0.29) is 23.6 Å². The Bertz CT molecular complexity index is 927. The molecule has 3 rings (SSSR count). The molecule has 7 nitrogen and oxygen atoms in total. The van der Waals surface area contributed by atoms with Gasteiger partial charge in [-0.05, 0) is 48.9 Å². The van der Waals surface area contributed by atoms with Gasteiger partial charge in [0.2, 0.25) is 0 Å². The average Bonchev–Trinajstić information content (AvgIpc) is 3.08. The summed E-state index contributed by atoms with van der Waals surface area (Å²) in [5.41, 5.74) is 2.75. The third kappa shape index (κ3) is 6.20. The van der Waals surface area contributed by atoms with Gasteiger partial charge in [-0.2, -0.15) is 0 Å². The zero-order valence-corrected chi connectivity index (χ0v) is 17.5. The molecule has 1 saturated heterocycles. The van der Waals surface area contributed by atoms with Gasteiger partial charge in [-0.25, -0.2) is 13.2 Å². The Morgan fingerprint density at radius 2 is 1.76 bits per heavy atom. The number of nitrogens with zero attached hydrogens (tertiary/aromatic N) is 1. The molecule has 29 heavy (non-hydrogen) atoms. The first-order valence-corrected chi connectivity index (χ1v) is 11.3. The molecule has 2 aromatic carbocycles. The third-order valence-corrected chi connectivity index (χ3v) is 6.84. The standard InChI is InChI=1S/C21H27N3O4S/c1-24(19-11-12-29(26,27)15-19)14-17-3-7-18(8-4-17)23-21(25)22-13-16-5-9-20(28-2)10-6-16/h3-10,19H,11-15H2,1-2H3,(H2,22,23,25)/t19-/m0/s1. The van der Waals surface area contributed by atoms with Crippen LogP contribution in [0.25, 0.3) is 0 Å². The van der Waals surface area contributed by atoms with Crippen LogP contribution in [0.1, 0.15) is 17.5 Å². The summed E-state index contributed by atoms with van der Waals surface area (Å²) in [6, 6.07) is 14.9. The normalized spacial score (nSPS) is 17.8. The largest absolute Gasteiger partial charge is 0.497 e. The van der Waals surface area contributed by atoms with Crippen LogP contribution in [0.5, 0.6) is 5.75 Å². The lowest BCUT2D eigenvalue weighted by atomic mass is 10.1. The van der Waals surface area contributed by atoms with E-state index in [4.69, 9.17) is 4.74 Å². The van der Waals surface area contributed by atoms with Gasteiger partial charge < -0.3 is 15.4 Å². The minimum absolute atomic E-state index is 0.0709. The molecular weight excluding hydrogens is 390 g/mol. The number of amides is 2. The van der Waals surface area contributed by atoms with Crippen LogP contribution in [0.3, 0.4) is 0 Å². The van der Waals surface area contributed by atoms with E-state index in [2.05, 4.69) is 15.5 Å². The number of sulfone groups is 1. The quantitative estimate of drug-likeness (QED) is 0.723. The van der Waals surface area contributed by atoms with E-state index >= 15 is 0 Å². The summed E-state index contributed by atoms with van der Waals surface area (Å²) in [4.78, 5) is 14.2. The van der Waals surface area contributed by atoms with Gasteiger partial charge in [0.25, 0.3) is 0 Å². The number of hydrogen-bond donors (Lipinski definition) is 2. The molecule has 1 aliphatic heterocycles. The molecule has 156 valence electrons. The Morgan fingerprint density at radius 3 is 2.34 bits per heavy atom. The first-order chi connectivity index (χ1) is 13.8. The van der Waals surface area contributed by atoms with Crippen LogP contribution in [0.2, 0.25) is 0 Å². The summed E-state index contributed by atoms with van der Waals surface area (Å²) in [6.45, 7) is 1.09. The van der Waals surface area contributed by atoms with Crippen molar-refractivity contribution in [1.82, 2.24) is 10.2 Å². The molecule has 0 unspecified atom stereocenters. The fourth-order valence-corrected chi connectivity index (χ4v) is 5.14. The molecule has 2 amide bonds. The highest BCUT2D eigenvalue weighted by molar-refractivity contribution is 7.91. The van der Waals surface area contributed by atoms with Gasteiger partial charge in [0.05, 0.1) is 18.6 Å². The maximum Gasteiger partial charge on any atom is 0.319 e. The predicted molar refractivity (Wildman–Crippen MR) is 114 cm³/mol. The van der Waals surface area contributed by atoms with E-state index in [1.165, 1.54) is 0 Å². The van der Waals surface area contributed by atoms with E-state index in [0.29, 0.717) is 25.2 Å². The van der Waals surface area contributed by atoms with Crippen molar-refractivity contribution >= 4 is 21.6 Å². The van der Waals surface area contributed by atoms with Crippen LogP contribution < -0.4 is 15.4 Å². The molecule has 1 atom stereocenters. The molecule has 0 aromatic heterocycles. The number of rotatable bonds is 7. The van der Waals surface area contributed by atoms with Gasteiger partial charge in [-0.15, -0.1) is 0 Å². The van der Waals surface area contributed by atoms with Gasteiger partial charge in [-0.1, -0.05) is 24.3 Å². The minimum atomic E-state index is -2.88. The van der Waals surface area contributed by atoms with Crippen molar-refractivity contribution in [1.29, 1.82) is 0 Å². The molecular formula is C21H27N3O4S. The van der Waals surface area contributed by atoms with Crippen molar-refractivity contribution in [3.63, 3.8) is 0 Å². The van der Waals surface area contributed by atoms with Gasteiger partial charge in [-0.3, -0.25) is 4.90 Å². The van der Waals surface area contributed by atoms with Crippen LogP contribution >= 0.6 is 0 Å². The zero-order valence-electron chi connectivity index (χ0n) is 16.7. The summed E-state index contributed by atoms with van der Waals surface area (Å²) in [6.07, 6.45) is 0.687.